The molecule has 0 spiro atoms. The highest BCUT2D eigenvalue weighted by molar-refractivity contribution is 5.50. The molecule has 1 unspecified atom stereocenters. The zero-order valence-corrected chi connectivity index (χ0v) is 17.7. The molecule has 2 heteroatoms. The molecule has 148 valence electrons. The summed E-state index contributed by atoms with van der Waals surface area (Å²) in [6.07, 6.45) is 6.36. The fourth-order valence-electron chi connectivity index (χ4n) is 4.16. The van der Waals surface area contributed by atoms with Gasteiger partial charge in [-0.05, 0) is 55.5 Å². The van der Waals surface area contributed by atoms with Gasteiger partial charge in [-0.25, -0.2) is 0 Å². The molecule has 2 aliphatic rings. The third-order valence-corrected chi connectivity index (χ3v) is 5.39. The van der Waals surface area contributed by atoms with Crippen LogP contribution in [0.1, 0.15) is 58.1 Å². The predicted octanol–water partition coefficient (Wildman–Crippen LogP) is 5.85. The van der Waals surface area contributed by atoms with Crippen molar-refractivity contribution in [2.45, 2.75) is 71.9 Å². The van der Waals surface area contributed by atoms with Crippen LogP contribution in [0.2, 0.25) is 0 Å². The second kappa shape index (κ2) is 11.8. The predicted molar refractivity (Wildman–Crippen MR) is 120 cm³/mol. The molecular formula is C25H38N2. The Balaban J connectivity index is 0.000000614. The van der Waals surface area contributed by atoms with E-state index < -0.39 is 0 Å². The molecule has 1 saturated heterocycles. The monoisotopic (exact) mass is 366 g/mol. The zero-order chi connectivity index (χ0) is 19.5. The Morgan fingerprint density at radius 1 is 0.815 bits per heavy atom. The smallest absolute Gasteiger partial charge is 0.0371 e. The number of piperidine rings is 1. The lowest BCUT2D eigenvalue weighted by Crippen LogP contribution is -2.47. The fourth-order valence-corrected chi connectivity index (χ4v) is 4.16. The summed E-state index contributed by atoms with van der Waals surface area (Å²) in [7, 11) is 0. The number of fused-ring (bicyclic) bond motifs is 1. The van der Waals surface area contributed by atoms with Gasteiger partial charge in [-0.15, -0.1) is 0 Å². The fraction of sp³-hybridized carbons (Fsp3) is 0.520. The highest BCUT2D eigenvalue weighted by atomic mass is 15.2. The van der Waals surface area contributed by atoms with Crippen molar-refractivity contribution in [1.82, 2.24) is 5.32 Å². The maximum Gasteiger partial charge on any atom is 0.0371 e. The Morgan fingerprint density at radius 3 is 1.96 bits per heavy atom. The standard InChI is InChI=1S/C21H26N2.2C2H6/c1-2-11-20(12-3-1)23(16-19-10-6-7-13-22-19)21-14-17-8-4-5-9-18(17)15-21;2*1-2/h1-5,8-9,11-12,19,21-22H,6-7,10,13-16H2;2*1-2H3. The summed E-state index contributed by atoms with van der Waals surface area (Å²) in [6, 6.07) is 21.2. The minimum absolute atomic E-state index is 0.596. The van der Waals surface area contributed by atoms with Crippen molar-refractivity contribution in [3.05, 3.63) is 65.7 Å². The number of nitrogens with one attached hydrogen (secondary N) is 1. The van der Waals surface area contributed by atoms with Crippen LogP contribution in [-0.4, -0.2) is 25.2 Å². The summed E-state index contributed by atoms with van der Waals surface area (Å²) in [4.78, 5) is 2.66. The molecule has 1 heterocycles. The van der Waals surface area contributed by atoms with Crippen LogP contribution in [0.15, 0.2) is 54.6 Å². The molecule has 2 aromatic carbocycles. The van der Waals surface area contributed by atoms with Crippen LogP contribution in [0.3, 0.4) is 0 Å². The highest BCUT2D eigenvalue weighted by Gasteiger charge is 2.28. The second-order valence-corrected chi connectivity index (χ2v) is 6.97. The molecule has 1 aliphatic carbocycles. The van der Waals surface area contributed by atoms with Gasteiger partial charge in [-0.1, -0.05) is 76.6 Å². The average molecular weight is 367 g/mol. The van der Waals surface area contributed by atoms with Gasteiger partial charge in [0.05, 0.1) is 0 Å². The highest BCUT2D eigenvalue weighted by Crippen LogP contribution is 2.29. The Morgan fingerprint density at radius 2 is 1.41 bits per heavy atom. The molecule has 0 radical (unpaired) electrons. The lowest BCUT2D eigenvalue weighted by Gasteiger charge is -2.36. The number of benzene rings is 2. The first-order valence-corrected chi connectivity index (χ1v) is 11.0. The van der Waals surface area contributed by atoms with Crippen LogP contribution in [0, 0.1) is 0 Å². The first-order chi connectivity index (χ1) is 13.4. The first kappa shape index (κ1) is 21.5. The van der Waals surface area contributed by atoms with E-state index in [0.717, 1.165) is 6.54 Å². The number of nitrogens with zero attached hydrogens (tertiary/aromatic N) is 1. The summed E-state index contributed by atoms with van der Waals surface area (Å²) in [6.45, 7) is 10.3. The number of hydrogen-bond acceptors (Lipinski definition) is 2. The number of rotatable bonds is 4. The van der Waals surface area contributed by atoms with Crippen LogP contribution >= 0.6 is 0 Å². The molecule has 1 fully saturated rings. The molecule has 27 heavy (non-hydrogen) atoms. The van der Waals surface area contributed by atoms with Crippen molar-refractivity contribution in [2.75, 3.05) is 18.0 Å². The van der Waals surface area contributed by atoms with Crippen LogP contribution < -0.4 is 10.2 Å². The summed E-state index contributed by atoms with van der Waals surface area (Å²) >= 11 is 0. The van der Waals surface area contributed by atoms with Crippen molar-refractivity contribution in [2.24, 2.45) is 0 Å². The van der Waals surface area contributed by atoms with Crippen molar-refractivity contribution in [3.8, 4) is 0 Å². The van der Waals surface area contributed by atoms with Crippen molar-refractivity contribution in [3.63, 3.8) is 0 Å². The van der Waals surface area contributed by atoms with E-state index in [2.05, 4.69) is 64.8 Å². The molecule has 1 aliphatic heterocycles. The maximum atomic E-state index is 3.72. The zero-order valence-electron chi connectivity index (χ0n) is 17.7. The van der Waals surface area contributed by atoms with Gasteiger partial charge in [0.2, 0.25) is 0 Å². The molecule has 0 saturated carbocycles. The number of para-hydroxylation sites is 1. The Bertz CT molecular complexity index is 607. The molecule has 1 N–H and O–H groups in total. The van der Waals surface area contributed by atoms with E-state index in [1.807, 2.05) is 27.7 Å². The van der Waals surface area contributed by atoms with Crippen molar-refractivity contribution >= 4 is 5.69 Å². The van der Waals surface area contributed by atoms with E-state index in [1.165, 1.54) is 55.5 Å². The van der Waals surface area contributed by atoms with Gasteiger partial charge in [-0.3, -0.25) is 0 Å². The average Bonchev–Trinajstić information content (AvgIpc) is 3.20. The Labute approximate surface area is 167 Å². The van der Waals surface area contributed by atoms with Crippen LogP contribution in [0.4, 0.5) is 5.69 Å². The minimum Gasteiger partial charge on any atom is -0.366 e. The molecular weight excluding hydrogens is 328 g/mol. The maximum absolute atomic E-state index is 3.72. The quantitative estimate of drug-likeness (QED) is 0.729. The molecule has 2 nitrogen and oxygen atoms in total. The van der Waals surface area contributed by atoms with E-state index in [0.29, 0.717) is 12.1 Å². The summed E-state index contributed by atoms with van der Waals surface area (Å²) in [5.41, 5.74) is 4.45. The number of hydrogen-bond donors (Lipinski definition) is 1. The normalized spacial score (nSPS) is 18.4. The lowest BCUT2D eigenvalue weighted by atomic mass is 10.0. The SMILES string of the molecule is CC.CC.c1ccc(N(CC2CCCCN2)C2Cc3ccccc3C2)cc1. The van der Waals surface area contributed by atoms with Gasteiger partial charge in [0.15, 0.2) is 0 Å². The molecule has 2 aromatic rings. The van der Waals surface area contributed by atoms with Gasteiger partial charge in [0, 0.05) is 24.3 Å². The second-order valence-electron chi connectivity index (χ2n) is 6.97. The van der Waals surface area contributed by atoms with Gasteiger partial charge in [0.1, 0.15) is 0 Å². The summed E-state index contributed by atoms with van der Waals surface area (Å²) in [5.74, 6) is 0. The molecule has 1 atom stereocenters. The summed E-state index contributed by atoms with van der Waals surface area (Å²) < 4.78 is 0. The Kier molecular flexibility index (Phi) is 9.41. The molecule has 0 amide bonds. The van der Waals surface area contributed by atoms with Crippen LogP contribution in [0.25, 0.3) is 0 Å². The van der Waals surface area contributed by atoms with E-state index in [9.17, 15) is 0 Å². The number of anilines is 1. The van der Waals surface area contributed by atoms with Gasteiger partial charge in [0.25, 0.3) is 0 Å². The third-order valence-electron chi connectivity index (χ3n) is 5.39. The molecule has 0 bridgehead atoms. The lowest BCUT2D eigenvalue weighted by molar-refractivity contribution is 0.389. The van der Waals surface area contributed by atoms with E-state index in [4.69, 9.17) is 0 Å². The minimum atomic E-state index is 0.596. The van der Waals surface area contributed by atoms with Crippen LogP contribution in [-0.2, 0) is 12.8 Å². The molecule has 4 rings (SSSR count). The van der Waals surface area contributed by atoms with Crippen LogP contribution in [0.5, 0.6) is 0 Å². The van der Waals surface area contributed by atoms with E-state index >= 15 is 0 Å². The van der Waals surface area contributed by atoms with Gasteiger partial charge < -0.3 is 10.2 Å². The van der Waals surface area contributed by atoms with Gasteiger partial charge >= 0.3 is 0 Å². The Hall–Kier alpha value is -1.80. The van der Waals surface area contributed by atoms with E-state index in [-0.39, 0.29) is 0 Å². The van der Waals surface area contributed by atoms with E-state index in [1.54, 1.807) is 0 Å². The topological polar surface area (TPSA) is 15.3 Å². The first-order valence-electron chi connectivity index (χ1n) is 11.0. The third kappa shape index (κ3) is 5.84. The van der Waals surface area contributed by atoms with Crippen molar-refractivity contribution < 1.29 is 0 Å². The summed E-state index contributed by atoms with van der Waals surface area (Å²) in [5, 5.41) is 3.72. The largest absolute Gasteiger partial charge is 0.366 e. The molecule has 0 aromatic heterocycles. The van der Waals surface area contributed by atoms with Crippen molar-refractivity contribution in [1.29, 1.82) is 0 Å². The van der Waals surface area contributed by atoms with Gasteiger partial charge in [-0.2, -0.15) is 0 Å².